The summed E-state index contributed by atoms with van der Waals surface area (Å²) in [6.07, 6.45) is -3.01. The average Bonchev–Trinajstić information content (AvgIpc) is 2.48. The van der Waals surface area contributed by atoms with E-state index in [0.29, 0.717) is 6.42 Å². The quantitative estimate of drug-likeness (QED) is 0.674. The van der Waals surface area contributed by atoms with Crippen LogP contribution in [-0.2, 0) is 4.74 Å². The molecule has 2 atom stereocenters. The lowest BCUT2D eigenvalue weighted by atomic mass is 9.94. The highest BCUT2D eigenvalue weighted by atomic mass is 19.4. The zero-order valence-electron chi connectivity index (χ0n) is 8.56. The van der Waals surface area contributed by atoms with Crippen LogP contribution in [0.1, 0.15) is 27.2 Å². The van der Waals surface area contributed by atoms with Crippen LogP contribution >= 0.6 is 0 Å². The third-order valence-electron chi connectivity index (χ3n) is 2.65. The molecule has 0 amide bonds. The van der Waals surface area contributed by atoms with Crippen LogP contribution in [0.5, 0.6) is 0 Å². The number of alkyl halides is 3. The third-order valence-corrected chi connectivity index (χ3v) is 2.65. The summed E-state index contributed by atoms with van der Waals surface area (Å²) in [6.45, 7) is 5.08. The topological polar surface area (TPSA) is 9.23 Å². The summed E-state index contributed by atoms with van der Waals surface area (Å²) in [7, 11) is 0. The first-order valence-corrected chi connectivity index (χ1v) is 4.73. The van der Waals surface area contributed by atoms with Gasteiger partial charge in [-0.1, -0.05) is 20.8 Å². The Hall–Kier alpha value is -0.670. The maximum Gasteiger partial charge on any atom is 0.395 e. The Kier molecular flexibility index (Phi) is 3.12. The molecule has 1 aliphatic rings. The van der Waals surface area contributed by atoms with E-state index in [0.717, 1.165) is 5.57 Å². The van der Waals surface area contributed by atoms with Crippen molar-refractivity contribution in [3.63, 3.8) is 0 Å². The fourth-order valence-corrected chi connectivity index (χ4v) is 1.38. The van der Waals surface area contributed by atoms with Crippen molar-refractivity contribution in [3.8, 4) is 0 Å². The van der Waals surface area contributed by atoms with Crippen LogP contribution in [0.2, 0.25) is 0 Å². The average molecular weight is 208 g/mol. The fourth-order valence-electron chi connectivity index (χ4n) is 1.38. The molecule has 0 radical (unpaired) electrons. The van der Waals surface area contributed by atoms with Crippen LogP contribution < -0.4 is 0 Å². The summed E-state index contributed by atoms with van der Waals surface area (Å²) in [6, 6.07) is 0. The molecule has 14 heavy (non-hydrogen) atoms. The van der Waals surface area contributed by atoms with Gasteiger partial charge in [0.05, 0.1) is 12.2 Å². The Morgan fingerprint density at radius 1 is 1.36 bits per heavy atom. The van der Waals surface area contributed by atoms with Gasteiger partial charge in [-0.05, 0) is 11.5 Å². The van der Waals surface area contributed by atoms with Crippen molar-refractivity contribution < 1.29 is 17.9 Å². The molecule has 82 valence electrons. The molecule has 0 saturated carbocycles. The molecule has 0 spiro atoms. The second kappa shape index (κ2) is 3.83. The minimum absolute atomic E-state index is 0.264. The second-order valence-electron chi connectivity index (χ2n) is 4.06. The minimum Gasteiger partial charge on any atom is -0.497 e. The highest BCUT2D eigenvalue weighted by molar-refractivity contribution is 5.08. The molecule has 1 aliphatic heterocycles. The molecule has 0 saturated heterocycles. The van der Waals surface area contributed by atoms with E-state index >= 15 is 0 Å². The molecule has 1 rings (SSSR count). The predicted molar refractivity (Wildman–Crippen MR) is 47.6 cm³/mol. The lowest BCUT2D eigenvalue weighted by molar-refractivity contribution is -0.192. The standard InChI is InChI=1S/C10H15F3O/c1-6(2)8-4-9(14-5-8)7(3)10(11,12)13/h5-7,9H,4H2,1-3H3/t7-,9?/m0/s1. The van der Waals surface area contributed by atoms with Crippen molar-refractivity contribution in [1.29, 1.82) is 0 Å². The number of hydrogen-bond acceptors (Lipinski definition) is 1. The van der Waals surface area contributed by atoms with Gasteiger partial charge in [-0.25, -0.2) is 0 Å². The molecule has 0 bridgehead atoms. The van der Waals surface area contributed by atoms with Gasteiger partial charge < -0.3 is 4.74 Å². The van der Waals surface area contributed by atoms with Crippen LogP contribution in [0.3, 0.4) is 0 Å². The molecular formula is C10H15F3O. The molecule has 4 heteroatoms. The van der Waals surface area contributed by atoms with Gasteiger partial charge in [-0.15, -0.1) is 0 Å². The van der Waals surface area contributed by atoms with E-state index in [1.165, 1.54) is 13.2 Å². The Balaban J connectivity index is 2.54. The van der Waals surface area contributed by atoms with E-state index in [2.05, 4.69) is 0 Å². The molecule has 1 unspecified atom stereocenters. The van der Waals surface area contributed by atoms with E-state index < -0.39 is 18.2 Å². The van der Waals surface area contributed by atoms with E-state index in [1.54, 1.807) is 0 Å². The van der Waals surface area contributed by atoms with Gasteiger partial charge in [0.2, 0.25) is 0 Å². The zero-order valence-corrected chi connectivity index (χ0v) is 8.56. The first-order chi connectivity index (χ1) is 6.32. The van der Waals surface area contributed by atoms with Crippen molar-refractivity contribution >= 4 is 0 Å². The smallest absolute Gasteiger partial charge is 0.395 e. The summed E-state index contributed by atoms with van der Waals surface area (Å²) >= 11 is 0. The van der Waals surface area contributed by atoms with Crippen molar-refractivity contribution in [2.45, 2.75) is 39.5 Å². The number of rotatable bonds is 2. The van der Waals surface area contributed by atoms with E-state index in [1.807, 2.05) is 13.8 Å². The number of hydrogen-bond donors (Lipinski definition) is 0. The Morgan fingerprint density at radius 3 is 2.29 bits per heavy atom. The third kappa shape index (κ3) is 2.42. The lowest BCUT2D eigenvalue weighted by Gasteiger charge is -2.21. The normalized spacial score (nSPS) is 24.8. The van der Waals surface area contributed by atoms with Gasteiger partial charge in [-0.3, -0.25) is 0 Å². The first kappa shape index (κ1) is 11.4. The van der Waals surface area contributed by atoms with Gasteiger partial charge in [0.1, 0.15) is 6.10 Å². The largest absolute Gasteiger partial charge is 0.497 e. The summed E-state index contributed by atoms with van der Waals surface area (Å²) < 4.78 is 42.0. The fraction of sp³-hybridized carbons (Fsp3) is 0.800. The molecule has 0 aromatic heterocycles. The van der Waals surface area contributed by atoms with Gasteiger partial charge in [0.15, 0.2) is 0 Å². The molecule has 0 aromatic carbocycles. The SMILES string of the molecule is CC(C)C1=COC([C@H](C)C(F)(F)F)C1. The van der Waals surface area contributed by atoms with Crippen molar-refractivity contribution in [2.24, 2.45) is 11.8 Å². The zero-order chi connectivity index (χ0) is 10.9. The molecular weight excluding hydrogens is 193 g/mol. The number of halogens is 3. The van der Waals surface area contributed by atoms with E-state index in [-0.39, 0.29) is 5.92 Å². The maximum atomic E-state index is 12.3. The van der Waals surface area contributed by atoms with Gasteiger partial charge in [0.25, 0.3) is 0 Å². The van der Waals surface area contributed by atoms with Crippen LogP contribution in [0, 0.1) is 11.8 Å². The van der Waals surface area contributed by atoms with Crippen LogP contribution in [0.15, 0.2) is 11.8 Å². The van der Waals surface area contributed by atoms with E-state index in [9.17, 15) is 13.2 Å². The van der Waals surface area contributed by atoms with Crippen molar-refractivity contribution in [1.82, 2.24) is 0 Å². The first-order valence-electron chi connectivity index (χ1n) is 4.73. The van der Waals surface area contributed by atoms with Gasteiger partial charge >= 0.3 is 6.18 Å². The number of ether oxygens (including phenoxy) is 1. The molecule has 1 heterocycles. The molecule has 0 fully saturated rings. The van der Waals surface area contributed by atoms with Gasteiger partial charge in [-0.2, -0.15) is 13.2 Å². The Morgan fingerprint density at radius 2 is 1.93 bits per heavy atom. The van der Waals surface area contributed by atoms with Crippen molar-refractivity contribution in [3.05, 3.63) is 11.8 Å². The molecule has 0 aliphatic carbocycles. The molecule has 0 N–H and O–H groups in total. The van der Waals surface area contributed by atoms with Crippen LogP contribution in [0.4, 0.5) is 13.2 Å². The monoisotopic (exact) mass is 208 g/mol. The molecule has 0 aromatic rings. The van der Waals surface area contributed by atoms with E-state index in [4.69, 9.17) is 4.74 Å². The minimum atomic E-state index is -4.16. The maximum absolute atomic E-state index is 12.3. The van der Waals surface area contributed by atoms with Crippen LogP contribution in [-0.4, -0.2) is 12.3 Å². The highest BCUT2D eigenvalue weighted by Crippen LogP contribution is 2.36. The predicted octanol–water partition coefficient (Wildman–Crippen LogP) is 3.51. The second-order valence-corrected chi connectivity index (χ2v) is 4.06. The summed E-state index contributed by atoms with van der Waals surface area (Å²) in [5, 5.41) is 0. The van der Waals surface area contributed by atoms with Crippen molar-refractivity contribution in [2.75, 3.05) is 0 Å². The highest BCUT2D eigenvalue weighted by Gasteiger charge is 2.43. The van der Waals surface area contributed by atoms with Gasteiger partial charge in [0, 0.05) is 6.42 Å². The Bertz CT molecular complexity index is 230. The summed E-state index contributed by atoms with van der Waals surface area (Å²) in [5.41, 5.74) is 0.964. The lowest BCUT2D eigenvalue weighted by Crippen LogP contribution is -2.31. The van der Waals surface area contributed by atoms with Crippen LogP contribution in [0.25, 0.3) is 0 Å². The summed E-state index contributed by atoms with van der Waals surface area (Å²) in [4.78, 5) is 0. The molecule has 1 nitrogen and oxygen atoms in total. The Labute approximate surface area is 81.9 Å². The summed E-state index contributed by atoms with van der Waals surface area (Å²) in [5.74, 6) is -1.13.